The van der Waals surface area contributed by atoms with Crippen molar-refractivity contribution in [2.45, 2.75) is 38.1 Å². The maximum Gasteiger partial charge on any atom is 0.237 e. The van der Waals surface area contributed by atoms with Gasteiger partial charge in [-0.2, -0.15) is 0 Å². The molecule has 1 amide bonds. The number of rotatable bonds is 5. The van der Waals surface area contributed by atoms with E-state index in [2.05, 4.69) is 15.5 Å². The number of hydrogen-bond acceptors (Lipinski definition) is 3. The van der Waals surface area contributed by atoms with Crippen LogP contribution in [0.15, 0.2) is 0 Å². The van der Waals surface area contributed by atoms with E-state index in [-0.39, 0.29) is 11.9 Å². The van der Waals surface area contributed by atoms with Crippen LogP contribution in [0.1, 0.15) is 32.1 Å². The molecule has 0 spiro atoms. The Labute approximate surface area is 97.8 Å². The van der Waals surface area contributed by atoms with Gasteiger partial charge in [0.05, 0.1) is 6.04 Å². The van der Waals surface area contributed by atoms with Gasteiger partial charge in [-0.3, -0.25) is 4.79 Å². The zero-order chi connectivity index (χ0) is 11.2. The van der Waals surface area contributed by atoms with Gasteiger partial charge in [-0.1, -0.05) is 0 Å². The molecule has 1 atom stereocenters. The summed E-state index contributed by atoms with van der Waals surface area (Å²) in [6.45, 7) is 5.45. The molecular weight excluding hydrogens is 202 g/mol. The van der Waals surface area contributed by atoms with Crippen molar-refractivity contribution in [2.24, 2.45) is 0 Å². The summed E-state index contributed by atoms with van der Waals surface area (Å²) in [4.78, 5) is 14.1. The third-order valence-electron chi connectivity index (χ3n) is 3.53. The lowest BCUT2D eigenvalue weighted by Crippen LogP contribution is -2.41. The highest BCUT2D eigenvalue weighted by molar-refractivity contribution is 5.81. The Morgan fingerprint density at radius 3 is 2.81 bits per heavy atom. The average Bonchev–Trinajstić information content (AvgIpc) is 2.96. The summed E-state index contributed by atoms with van der Waals surface area (Å²) >= 11 is 0. The molecule has 2 saturated heterocycles. The Balaban J connectivity index is 1.51. The average molecular weight is 225 g/mol. The summed E-state index contributed by atoms with van der Waals surface area (Å²) in [5.74, 6) is 0.193. The molecular formula is C12H23N3O. The van der Waals surface area contributed by atoms with E-state index >= 15 is 0 Å². The van der Waals surface area contributed by atoms with Crippen LogP contribution in [0.2, 0.25) is 0 Å². The molecule has 0 aliphatic carbocycles. The highest BCUT2D eigenvalue weighted by Gasteiger charge is 2.21. The van der Waals surface area contributed by atoms with Gasteiger partial charge in [0.15, 0.2) is 0 Å². The van der Waals surface area contributed by atoms with Gasteiger partial charge in [-0.25, -0.2) is 0 Å². The highest BCUT2D eigenvalue weighted by atomic mass is 16.2. The van der Waals surface area contributed by atoms with Crippen LogP contribution in [0.3, 0.4) is 0 Å². The van der Waals surface area contributed by atoms with Gasteiger partial charge < -0.3 is 15.5 Å². The van der Waals surface area contributed by atoms with Crippen LogP contribution in [0.5, 0.6) is 0 Å². The SMILES string of the molecule is O=C(NCCCN1CCCC1)[C@H]1CCCN1. The fraction of sp³-hybridized carbons (Fsp3) is 0.917. The summed E-state index contributed by atoms with van der Waals surface area (Å²) in [5, 5.41) is 6.24. The van der Waals surface area contributed by atoms with E-state index in [0.29, 0.717) is 0 Å². The number of carbonyl (C=O) groups excluding carboxylic acids is 1. The second kappa shape index (κ2) is 6.21. The monoisotopic (exact) mass is 225 g/mol. The first-order chi connectivity index (χ1) is 7.86. The molecule has 2 heterocycles. The molecule has 0 bridgehead atoms. The third kappa shape index (κ3) is 3.46. The normalized spacial score (nSPS) is 26.1. The Morgan fingerprint density at radius 1 is 1.31 bits per heavy atom. The molecule has 0 unspecified atom stereocenters. The smallest absolute Gasteiger partial charge is 0.237 e. The second-order valence-corrected chi connectivity index (χ2v) is 4.84. The molecule has 92 valence electrons. The van der Waals surface area contributed by atoms with Gasteiger partial charge >= 0.3 is 0 Å². The van der Waals surface area contributed by atoms with Gasteiger partial charge in [0.2, 0.25) is 5.91 Å². The first-order valence-electron chi connectivity index (χ1n) is 6.60. The van der Waals surface area contributed by atoms with Crippen LogP contribution < -0.4 is 10.6 Å². The Morgan fingerprint density at radius 2 is 2.12 bits per heavy atom. The van der Waals surface area contributed by atoms with E-state index in [0.717, 1.165) is 38.9 Å². The predicted octanol–water partition coefficient (Wildman–Crippen LogP) is 0.341. The van der Waals surface area contributed by atoms with E-state index in [1.807, 2.05) is 0 Å². The molecule has 0 aromatic rings. The maximum absolute atomic E-state index is 11.7. The van der Waals surface area contributed by atoms with Crippen molar-refractivity contribution in [3.8, 4) is 0 Å². The van der Waals surface area contributed by atoms with E-state index in [1.165, 1.54) is 25.9 Å². The number of nitrogens with one attached hydrogen (secondary N) is 2. The standard InChI is InChI=1S/C12H23N3O/c16-12(11-5-3-6-13-11)14-7-4-10-15-8-1-2-9-15/h11,13H,1-10H2,(H,14,16)/t11-/m1/s1. The quantitative estimate of drug-likeness (QED) is 0.663. The predicted molar refractivity (Wildman–Crippen MR) is 64.3 cm³/mol. The van der Waals surface area contributed by atoms with Crippen molar-refractivity contribution in [1.29, 1.82) is 0 Å². The Hall–Kier alpha value is -0.610. The lowest BCUT2D eigenvalue weighted by Gasteiger charge is -2.15. The lowest BCUT2D eigenvalue weighted by molar-refractivity contribution is -0.122. The molecule has 2 fully saturated rings. The fourth-order valence-corrected chi connectivity index (χ4v) is 2.55. The number of nitrogens with zero attached hydrogens (tertiary/aromatic N) is 1. The molecule has 2 aliphatic rings. The van der Waals surface area contributed by atoms with E-state index in [1.54, 1.807) is 0 Å². The minimum Gasteiger partial charge on any atom is -0.355 e. The summed E-state index contributed by atoms with van der Waals surface area (Å²) in [5.41, 5.74) is 0. The molecule has 2 N–H and O–H groups in total. The van der Waals surface area contributed by atoms with Crippen LogP contribution in [-0.4, -0.2) is 49.6 Å². The number of likely N-dealkylation sites (tertiary alicyclic amines) is 1. The van der Waals surface area contributed by atoms with Crippen molar-refractivity contribution in [1.82, 2.24) is 15.5 Å². The highest BCUT2D eigenvalue weighted by Crippen LogP contribution is 2.07. The third-order valence-corrected chi connectivity index (χ3v) is 3.53. The van der Waals surface area contributed by atoms with Gasteiger partial charge in [0.1, 0.15) is 0 Å². The van der Waals surface area contributed by atoms with Crippen molar-refractivity contribution in [3.05, 3.63) is 0 Å². The molecule has 4 nitrogen and oxygen atoms in total. The Kier molecular flexibility index (Phi) is 4.60. The molecule has 0 saturated carbocycles. The van der Waals surface area contributed by atoms with Crippen molar-refractivity contribution in [3.63, 3.8) is 0 Å². The largest absolute Gasteiger partial charge is 0.355 e. The molecule has 2 aliphatic heterocycles. The van der Waals surface area contributed by atoms with Crippen LogP contribution in [0.4, 0.5) is 0 Å². The van der Waals surface area contributed by atoms with Crippen LogP contribution in [-0.2, 0) is 4.79 Å². The molecule has 4 heteroatoms. The number of carbonyl (C=O) groups is 1. The maximum atomic E-state index is 11.7. The molecule has 16 heavy (non-hydrogen) atoms. The number of amides is 1. The minimum atomic E-state index is 0.0757. The molecule has 0 aromatic carbocycles. The first kappa shape index (κ1) is 11.9. The topological polar surface area (TPSA) is 44.4 Å². The first-order valence-corrected chi connectivity index (χ1v) is 6.60. The van der Waals surface area contributed by atoms with Gasteiger partial charge in [0.25, 0.3) is 0 Å². The van der Waals surface area contributed by atoms with Crippen molar-refractivity contribution >= 4 is 5.91 Å². The van der Waals surface area contributed by atoms with Crippen molar-refractivity contribution < 1.29 is 4.79 Å². The van der Waals surface area contributed by atoms with E-state index in [4.69, 9.17) is 0 Å². The summed E-state index contributed by atoms with van der Waals surface area (Å²) in [7, 11) is 0. The lowest BCUT2D eigenvalue weighted by atomic mass is 10.2. The molecule has 0 radical (unpaired) electrons. The van der Waals surface area contributed by atoms with Gasteiger partial charge in [-0.15, -0.1) is 0 Å². The zero-order valence-corrected chi connectivity index (χ0v) is 10.0. The zero-order valence-electron chi connectivity index (χ0n) is 10.0. The van der Waals surface area contributed by atoms with E-state index < -0.39 is 0 Å². The summed E-state index contributed by atoms with van der Waals surface area (Å²) in [6, 6.07) is 0.0757. The fourth-order valence-electron chi connectivity index (χ4n) is 2.55. The summed E-state index contributed by atoms with van der Waals surface area (Å²) in [6.07, 6.45) is 5.90. The molecule has 0 aromatic heterocycles. The minimum absolute atomic E-state index is 0.0757. The van der Waals surface area contributed by atoms with Gasteiger partial charge in [-0.05, 0) is 58.3 Å². The number of hydrogen-bond donors (Lipinski definition) is 2. The van der Waals surface area contributed by atoms with Crippen LogP contribution in [0, 0.1) is 0 Å². The summed E-state index contributed by atoms with van der Waals surface area (Å²) < 4.78 is 0. The van der Waals surface area contributed by atoms with Gasteiger partial charge in [0, 0.05) is 6.54 Å². The molecule has 2 rings (SSSR count). The van der Waals surface area contributed by atoms with E-state index in [9.17, 15) is 4.79 Å². The Bertz CT molecular complexity index is 220. The van der Waals surface area contributed by atoms with Crippen LogP contribution >= 0.6 is 0 Å². The van der Waals surface area contributed by atoms with Crippen LogP contribution in [0.25, 0.3) is 0 Å². The second-order valence-electron chi connectivity index (χ2n) is 4.84. The van der Waals surface area contributed by atoms with Crippen molar-refractivity contribution in [2.75, 3.05) is 32.7 Å².